The third kappa shape index (κ3) is 6.60. The zero-order chi connectivity index (χ0) is 22.1. The quantitative estimate of drug-likeness (QED) is 0.204. The first-order chi connectivity index (χ1) is 11.6. The molecule has 0 bridgehead atoms. The second kappa shape index (κ2) is 9.89. The van der Waals surface area contributed by atoms with E-state index in [-0.39, 0.29) is 51.4 Å². The molecule has 0 fully saturated rings. The summed E-state index contributed by atoms with van der Waals surface area (Å²) in [5, 5.41) is -7.20. The van der Waals surface area contributed by atoms with Gasteiger partial charge < -0.3 is 4.55 Å². The topological polar surface area (TPSA) is 57.2 Å². The Balaban J connectivity index is 0. The first kappa shape index (κ1) is 30.9. The number of halogens is 12. The van der Waals surface area contributed by atoms with Crippen LogP contribution in [0.2, 0.25) is 0 Å². The predicted molar refractivity (Wildman–Crippen MR) is 63.5 cm³/mol. The van der Waals surface area contributed by atoms with Crippen LogP contribution < -0.4 is 51.4 Å². The Morgan fingerprint density at radius 3 is 1.54 bits per heavy atom. The first-order valence-corrected chi connectivity index (χ1v) is 8.21. The molecule has 0 spiro atoms. The van der Waals surface area contributed by atoms with E-state index in [1.165, 1.54) is 0 Å². The van der Waals surface area contributed by atoms with E-state index in [2.05, 4.69) is 0 Å². The number of alkyl halides is 12. The van der Waals surface area contributed by atoms with Crippen molar-refractivity contribution in [3.63, 3.8) is 0 Å². The first-order valence-electron chi connectivity index (χ1n) is 6.80. The van der Waals surface area contributed by atoms with E-state index in [9.17, 15) is 65.7 Å². The second-order valence-electron chi connectivity index (χ2n) is 5.42. The van der Waals surface area contributed by atoms with E-state index in [1.54, 1.807) is 0 Å². The van der Waals surface area contributed by atoms with Gasteiger partial charge in [0, 0.05) is 6.42 Å². The van der Waals surface area contributed by atoms with Gasteiger partial charge in [-0.3, -0.25) is 0 Å². The molecule has 28 heavy (non-hydrogen) atoms. The zero-order valence-corrected chi connectivity index (χ0v) is 17.7. The molecule has 0 aliphatic carbocycles. The van der Waals surface area contributed by atoms with E-state index in [1.807, 2.05) is 0 Å². The Kier molecular flexibility index (Phi) is 10.9. The minimum absolute atomic E-state index is 0. The molecule has 0 aromatic heterocycles. The van der Waals surface area contributed by atoms with Crippen LogP contribution in [-0.4, -0.2) is 48.3 Å². The van der Waals surface area contributed by atoms with E-state index in [0.29, 0.717) is 0 Å². The van der Waals surface area contributed by atoms with E-state index in [0.717, 1.165) is 0 Å². The van der Waals surface area contributed by atoms with Gasteiger partial charge in [0.2, 0.25) is 0 Å². The largest absolute Gasteiger partial charge is 1.00 e. The number of rotatable bonds is 10. The smallest absolute Gasteiger partial charge is 0.743 e. The summed E-state index contributed by atoms with van der Waals surface area (Å²) in [6.45, 7) is 0. The molecular formula is C11H11F12KO3S. The summed E-state index contributed by atoms with van der Waals surface area (Å²) in [5.41, 5.74) is 0. The van der Waals surface area contributed by atoms with Crippen LogP contribution in [0.1, 0.15) is 32.1 Å². The summed E-state index contributed by atoms with van der Waals surface area (Å²) in [7, 11) is -7.54. The van der Waals surface area contributed by atoms with Crippen LogP contribution in [0, 0.1) is 0 Å². The van der Waals surface area contributed by atoms with Gasteiger partial charge in [-0.1, -0.05) is 12.8 Å². The molecule has 1 unspecified atom stereocenters. The van der Waals surface area contributed by atoms with Crippen LogP contribution in [0.5, 0.6) is 0 Å². The normalized spacial score (nSPS) is 15.9. The molecule has 0 radical (unpaired) electrons. The molecule has 0 N–H and O–H groups in total. The fourth-order valence-corrected chi connectivity index (χ4v) is 2.19. The molecule has 3 nitrogen and oxygen atoms in total. The standard InChI is InChI=1S/C11H12F12O3S.K/c12-6(4-2-1-3-5-7(13,14)15)8(16,17)9(18,19)10(20,21)11(22,23)27(24,25)26;/h6H,1-5H2,(H,24,25,26);/q;+1/p-1. The van der Waals surface area contributed by atoms with Gasteiger partial charge in [0.25, 0.3) is 0 Å². The van der Waals surface area contributed by atoms with E-state index in [4.69, 9.17) is 0 Å². The van der Waals surface area contributed by atoms with Crippen LogP contribution in [0.3, 0.4) is 0 Å². The maximum absolute atomic E-state index is 13.3. The van der Waals surface area contributed by atoms with Gasteiger partial charge in [-0.15, -0.1) is 0 Å². The maximum atomic E-state index is 13.3. The summed E-state index contributed by atoms with van der Waals surface area (Å²) in [6.07, 6.45) is -14.3. The van der Waals surface area contributed by atoms with Crippen molar-refractivity contribution >= 4 is 10.1 Å². The molecule has 0 saturated heterocycles. The Morgan fingerprint density at radius 2 is 1.18 bits per heavy atom. The van der Waals surface area contributed by atoms with Crippen LogP contribution in [0.25, 0.3) is 0 Å². The van der Waals surface area contributed by atoms with Crippen molar-refractivity contribution in [1.82, 2.24) is 0 Å². The van der Waals surface area contributed by atoms with Crippen LogP contribution in [-0.2, 0) is 10.1 Å². The Hall–Kier alpha value is 0.706. The third-order valence-electron chi connectivity index (χ3n) is 3.30. The molecule has 0 rings (SSSR count). The van der Waals surface area contributed by atoms with Crippen molar-refractivity contribution in [2.75, 3.05) is 0 Å². The van der Waals surface area contributed by atoms with Gasteiger partial charge in [-0.05, 0) is 12.8 Å². The molecule has 0 aliphatic heterocycles. The van der Waals surface area contributed by atoms with Crippen molar-refractivity contribution in [3.8, 4) is 0 Å². The van der Waals surface area contributed by atoms with Gasteiger partial charge >= 0.3 is 80.6 Å². The molecule has 0 aliphatic rings. The molecule has 17 heteroatoms. The van der Waals surface area contributed by atoms with Crippen molar-refractivity contribution in [3.05, 3.63) is 0 Å². The average molecular weight is 490 g/mol. The van der Waals surface area contributed by atoms with Gasteiger partial charge in [-0.2, -0.15) is 48.3 Å². The number of unbranched alkanes of at least 4 members (excludes halogenated alkanes) is 2. The molecule has 1 atom stereocenters. The van der Waals surface area contributed by atoms with E-state index < -0.39 is 77.6 Å². The predicted octanol–water partition coefficient (Wildman–Crippen LogP) is 1.89. The molecular weight excluding hydrogens is 479 g/mol. The molecule has 0 amide bonds. The van der Waals surface area contributed by atoms with E-state index >= 15 is 0 Å². The van der Waals surface area contributed by atoms with Crippen LogP contribution in [0.4, 0.5) is 52.7 Å². The van der Waals surface area contributed by atoms with Gasteiger partial charge in [-0.25, -0.2) is 12.8 Å². The number of hydrogen-bond acceptors (Lipinski definition) is 3. The average Bonchev–Trinajstić information content (AvgIpc) is 2.43. The Labute approximate surface area is 193 Å². The van der Waals surface area contributed by atoms with Crippen molar-refractivity contribution < 1.29 is 117 Å². The van der Waals surface area contributed by atoms with Crippen molar-refractivity contribution in [2.45, 2.75) is 67.5 Å². The molecule has 0 aromatic carbocycles. The van der Waals surface area contributed by atoms with Gasteiger partial charge in [0.1, 0.15) is 0 Å². The van der Waals surface area contributed by atoms with Crippen molar-refractivity contribution in [1.29, 1.82) is 0 Å². The summed E-state index contributed by atoms with van der Waals surface area (Å²) in [5.74, 6) is -21.4. The summed E-state index contributed by atoms with van der Waals surface area (Å²) >= 11 is 0. The molecule has 0 saturated carbocycles. The third-order valence-corrected chi connectivity index (χ3v) is 4.19. The molecule has 0 aromatic rings. The Bertz CT molecular complexity index is 604. The molecule has 0 heterocycles. The summed E-state index contributed by atoms with van der Waals surface area (Å²) < 4.78 is 183. The van der Waals surface area contributed by atoms with Gasteiger partial charge in [0.15, 0.2) is 16.3 Å². The minimum Gasteiger partial charge on any atom is -0.743 e. The van der Waals surface area contributed by atoms with Gasteiger partial charge in [0.05, 0.1) is 0 Å². The Morgan fingerprint density at radius 1 is 0.750 bits per heavy atom. The molecule has 164 valence electrons. The zero-order valence-electron chi connectivity index (χ0n) is 13.8. The number of hydrogen-bond donors (Lipinski definition) is 0. The fourth-order valence-electron chi connectivity index (χ4n) is 1.75. The minimum atomic E-state index is -7.54. The van der Waals surface area contributed by atoms with Crippen LogP contribution in [0.15, 0.2) is 0 Å². The fraction of sp³-hybridized carbons (Fsp3) is 1.00. The summed E-state index contributed by atoms with van der Waals surface area (Å²) in [4.78, 5) is 0. The van der Waals surface area contributed by atoms with Crippen LogP contribution >= 0.6 is 0 Å². The monoisotopic (exact) mass is 490 g/mol. The maximum Gasteiger partial charge on any atom is 1.00 e. The summed E-state index contributed by atoms with van der Waals surface area (Å²) in [6, 6.07) is 0. The van der Waals surface area contributed by atoms with Crippen molar-refractivity contribution in [2.24, 2.45) is 0 Å². The SMILES string of the molecule is O=S(=O)([O-])C(F)(F)C(F)(F)C(F)(F)C(F)(F)C(F)CCCCCC(F)(F)F.[K+]. The second-order valence-corrected chi connectivity index (χ2v) is 6.85.